The number of aliphatic carboxylic acids is 1. The van der Waals surface area contributed by atoms with E-state index >= 15 is 0 Å². The fourth-order valence-corrected chi connectivity index (χ4v) is 3.24. The molecule has 3 rings (SSSR count). The second-order valence-corrected chi connectivity index (χ2v) is 6.93. The number of carbonyl (C=O) groups excluding carboxylic acids is 2. The number of rotatable bonds is 8. The summed E-state index contributed by atoms with van der Waals surface area (Å²) in [5.41, 5.74) is 1.83. The Kier molecular flexibility index (Phi) is 6.97. The lowest BCUT2D eigenvalue weighted by atomic mass is 10.1. The molecule has 152 valence electrons. The minimum atomic E-state index is -1.07. The van der Waals surface area contributed by atoms with Crippen LogP contribution in [-0.4, -0.2) is 53.6 Å². The molecule has 0 radical (unpaired) electrons. The van der Waals surface area contributed by atoms with Crippen molar-refractivity contribution in [2.24, 2.45) is 0 Å². The lowest BCUT2D eigenvalue weighted by Crippen LogP contribution is -2.37. The Labute approximate surface area is 169 Å². The molecule has 7 heteroatoms. The number of ether oxygens (including phenoxy) is 1. The highest BCUT2D eigenvalue weighted by Gasteiger charge is 2.24. The molecule has 0 aliphatic carbocycles. The van der Waals surface area contributed by atoms with Crippen molar-refractivity contribution < 1.29 is 24.2 Å². The van der Waals surface area contributed by atoms with Crippen LogP contribution in [-0.2, 0) is 20.7 Å². The molecule has 2 N–H and O–H groups in total. The molecule has 0 saturated carbocycles. The Morgan fingerprint density at radius 2 is 1.90 bits per heavy atom. The quantitative estimate of drug-likeness (QED) is 0.715. The van der Waals surface area contributed by atoms with E-state index in [9.17, 15) is 19.5 Å². The smallest absolute Gasteiger partial charge is 0.323 e. The first kappa shape index (κ1) is 20.5. The number of carbonyl (C=O) groups is 3. The Morgan fingerprint density at radius 3 is 2.59 bits per heavy atom. The second-order valence-electron chi connectivity index (χ2n) is 6.93. The first-order valence-electron chi connectivity index (χ1n) is 9.60. The van der Waals surface area contributed by atoms with Gasteiger partial charge in [-0.3, -0.25) is 14.4 Å². The fraction of sp³-hybridized carbons (Fsp3) is 0.318. The fourth-order valence-electron chi connectivity index (χ4n) is 3.24. The molecule has 0 bridgehead atoms. The van der Waals surface area contributed by atoms with Crippen LogP contribution in [0, 0.1) is 0 Å². The monoisotopic (exact) mass is 396 g/mol. The highest BCUT2D eigenvalue weighted by molar-refractivity contribution is 5.99. The molecule has 7 nitrogen and oxygen atoms in total. The van der Waals surface area contributed by atoms with Crippen LogP contribution in [0.4, 0.5) is 5.69 Å². The van der Waals surface area contributed by atoms with Crippen molar-refractivity contribution in [2.75, 3.05) is 25.0 Å². The van der Waals surface area contributed by atoms with Gasteiger partial charge in [0.15, 0.2) is 0 Å². The maximum absolute atomic E-state index is 12.9. The molecule has 29 heavy (non-hydrogen) atoms. The predicted octanol–water partition coefficient (Wildman–Crippen LogP) is 2.57. The Morgan fingerprint density at radius 1 is 1.10 bits per heavy atom. The molecular formula is C22H24N2O5. The highest BCUT2D eigenvalue weighted by Crippen LogP contribution is 2.17. The number of hydrogen-bond donors (Lipinski definition) is 2. The molecule has 1 aliphatic heterocycles. The molecule has 1 atom stereocenters. The van der Waals surface area contributed by atoms with Gasteiger partial charge in [0.05, 0.1) is 0 Å². The van der Waals surface area contributed by atoms with Crippen LogP contribution < -0.4 is 5.32 Å². The van der Waals surface area contributed by atoms with Gasteiger partial charge < -0.3 is 20.1 Å². The van der Waals surface area contributed by atoms with Crippen molar-refractivity contribution in [3.63, 3.8) is 0 Å². The lowest BCUT2D eigenvalue weighted by molar-refractivity contribution is -0.137. The second kappa shape index (κ2) is 9.84. The van der Waals surface area contributed by atoms with Gasteiger partial charge in [-0.05, 0) is 43.0 Å². The van der Waals surface area contributed by atoms with E-state index in [2.05, 4.69) is 5.32 Å². The molecule has 2 aromatic rings. The SMILES string of the molecule is O=C(O)CN(CCc1ccccc1)C(=O)c1cccc(NC(=O)C2CCCO2)c1. The molecule has 2 aromatic carbocycles. The normalized spacial score (nSPS) is 15.7. The highest BCUT2D eigenvalue weighted by atomic mass is 16.5. The van der Waals surface area contributed by atoms with Crippen molar-refractivity contribution in [3.8, 4) is 0 Å². The van der Waals surface area contributed by atoms with Crippen LogP contribution in [0.5, 0.6) is 0 Å². The van der Waals surface area contributed by atoms with Gasteiger partial charge in [-0.1, -0.05) is 36.4 Å². The van der Waals surface area contributed by atoms with Gasteiger partial charge in [0, 0.05) is 24.4 Å². The third kappa shape index (κ3) is 5.89. The van der Waals surface area contributed by atoms with Crippen LogP contribution in [0.1, 0.15) is 28.8 Å². The maximum atomic E-state index is 12.9. The summed E-state index contributed by atoms with van der Waals surface area (Å²) in [5.74, 6) is -1.70. The number of anilines is 1. The zero-order valence-corrected chi connectivity index (χ0v) is 16.0. The summed E-state index contributed by atoms with van der Waals surface area (Å²) in [6.07, 6.45) is 1.61. The average molecular weight is 396 g/mol. The summed E-state index contributed by atoms with van der Waals surface area (Å²) >= 11 is 0. The molecule has 1 aliphatic rings. The largest absolute Gasteiger partial charge is 0.480 e. The first-order valence-corrected chi connectivity index (χ1v) is 9.60. The molecule has 0 spiro atoms. The molecule has 0 aromatic heterocycles. The summed E-state index contributed by atoms with van der Waals surface area (Å²) < 4.78 is 5.37. The first-order chi connectivity index (χ1) is 14.0. The topological polar surface area (TPSA) is 95.9 Å². The average Bonchev–Trinajstić information content (AvgIpc) is 3.26. The van der Waals surface area contributed by atoms with E-state index in [0.29, 0.717) is 30.7 Å². The summed E-state index contributed by atoms with van der Waals surface area (Å²) in [7, 11) is 0. The Bertz CT molecular complexity index is 863. The Balaban J connectivity index is 1.69. The molecule has 2 amide bonds. The van der Waals surface area contributed by atoms with Gasteiger partial charge in [-0.25, -0.2) is 0 Å². The van der Waals surface area contributed by atoms with Crippen molar-refractivity contribution >= 4 is 23.5 Å². The van der Waals surface area contributed by atoms with E-state index in [1.807, 2.05) is 30.3 Å². The van der Waals surface area contributed by atoms with Crippen molar-refractivity contribution in [3.05, 3.63) is 65.7 Å². The summed E-state index contributed by atoms with van der Waals surface area (Å²) in [4.78, 5) is 37.7. The number of nitrogens with zero attached hydrogens (tertiary/aromatic N) is 1. The molecule has 1 saturated heterocycles. The number of amides is 2. The van der Waals surface area contributed by atoms with Crippen LogP contribution in [0.2, 0.25) is 0 Å². The number of hydrogen-bond acceptors (Lipinski definition) is 4. The van der Waals surface area contributed by atoms with Crippen LogP contribution in [0.15, 0.2) is 54.6 Å². The van der Waals surface area contributed by atoms with Gasteiger partial charge >= 0.3 is 5.97 Å². The van der Waals surface area contributed by atoms with E-state index in [1.54, 1.807) is 24.3 Å². The van der Waals surface area contributed by atoms with Gasteiger partial charge in [-0.2, -0.15) is 0 Å². The van der Waals surface area contributed by atoms with E-state index < -0.39 is 24.5 Å². The molecular weight excluding hydrogens is 372 g/mol. The van der Waals surface area contributed by atoms with Crippen LogP contribution in [0.25, 0.3) is 0 Å². The third-order valence-corrected chi connectivity index (χ3v) is 4.73. The Hall–Kier alpha value is -3.19. The number of carboxylic acid groups (broad SMARTS) is 1. The van der Waals surface area contributed by atoms with Crippen LogP contribution in [0.3, 0.4) is 0 Å². The minimum absolute atomic E-state index is 0.237. The van der Waals surface area contributed by atoms with Gasteiger partial charge in [0.25, 0.3) is 11.8 Å². The predicted molar refractivity (Wildman–Crippen MR) is 108 cm³/mol. The molecule has 1 fully saturated rings. The number of carboxylic acids is 1. The van der Waals surface area contributed by atoms with E-state index in [-0.39, 0.29) is 12.5 Å². The molecule has 1 heterocycles. The number of nitrogens with one attached hydrogen (secondary N) is 1. The zero-order valence-electron chi connectivity index (χ0n) is 16.0. The van der Waals surface area contributed by atoms with Gasteiger partial charge in [0.2, 0.25) is 0 Å². The summed E-state index contributed by atoms with van der Waals surface area (Å²) in [6, 6.07) is 16.1. The summed E-state index contributed by atoms with van der Waals surface area (Å²) in [6.45, 7) is 0.460. The van der Waals surface area contributed by atoms with Crippen LogP contribution >= 0.6 is 0 Å². The van der Waals surface area contributed by atoms with Crippen molar-refractivity contribution in [1.29, 1.82) is 0 Å². The van der Waals surface area contributed by atoms with Gasteiger partial charge in [0.1, 0.15) is 12.6 Å². The van der Waals surface area contributed by atoms with E-state index in [1.165, 1.54) is 4.90 Å². The van der Waals surface area contributed by atoms with E-state index in [0.717, 1.165) is 12.0 Å². The summed E-state index contributed by atoms with van der Waals surface area (Å²) in [5, 5.41) is 12.0. The zero-order chi connectivity index (χ0) is 20.6. The van der Waals surface area contributed by atoms with E-state index in [4.69, 9.17) is 4.74 Å². The van der Waals surface area contributed by atoms with Crippen molar-refractivity contribution in [2.45, 2.75) is 25.4 Å². The standard InChI is InChI=1S/C22H24N2O5/c25-20(26)15-24(12-11-16-6-2-1-3-7-16)22(28)17-8-4-9-18(14-17)23-21(27)19-10-5-13-29-19/h1-4,6-9,14,19H,5,10-13,15H2,(H,23,27)(H,25,26). The molecule has 1 unspecified atom stereocenters. The third-order valence-electron chi connectivity index (χ3n) is 4.73. The lowest BCUT2D eigenvalue weighted by Gasteiger charge is -2.21. The van der Waals surface area contributed by atoms with Crippen molar-refractivity contribution in [1.82, 2.24) is 4.90 Å². The number of benzene rings is 2. The minimum Gasteiger partial charge on any atom is -0.480 e. The van der Waals surface area contributed by atoms with Gasteiger partial charge in [-0.15, -0.1) is 0 Å². The maximum Gasteiger partial charge on any atom is 0.323 e.